The zero-order chi connectivity index (χ0) is 13.7. The number of nitrogens with zero attached hydrogens (tertiary/aromatic N) is 2. The summed E-state index contributed by atoms with van der Waals surface area (Å²) in [6.45, 7) is 6.15. The Hall–Kier alpha value is -1.26. The van der Waals surface area contributed by atoms with Crippen molar-refractivity contribution in [1.29, 1.82) is 0 Å². The molecule has 104 valence electrons. The van der Waals surface area contributed by atoms with E-state index in [9.17, 15) is 9.59 Å². The van der Waals surface area contributed by atoms with Gasteiger partial charge in [-0.05, 0) is 25.2 Å². The highest BCUT2D eigenvalue weighted by Gasteiger charge is 2.28. The molecule has 1 aliphatic rings. The van der Waals surface area contributed by atoms with E-state index in [1.807, 2.05) is 7.05 Å². The molecule has 1 aliphatic heterocycles. The number of likely N-dealkylation sites (tertiary alicyclic amines) is 1. The number of aliphatic carboxylic acids is 1. The van der Waals surface area contributed by atoms with Gasteiger partial charge < -0.3 is 14.9 Å². The van der Waals surface area contributed by atoms with Gasteiger partial charge in [0.1, 0.15) is 0 Å². The van der Waals surface area contributed by atoms with Crippen molar-refractivity contribution >= 4 is 12.0 Å². The number of carbonyl (C=O) groups is 2. The fraction of sp³-hybridized carbons (Fsp3) is 0.846. The van der Waals surface area contributed by atoms with E-state index in [0.717, 1.165) is 13.0 Å². The molecule has 1 rings (SSSR count). The van der Waals surface area contributed by atoms with E-state index in [1.165, 1.54) is 0 Å². The van der Waals surface area contributed by atoms with Gasteiger partial charge in [-0.1, -0.05) is 13.8 Å². The molecule has 0 bridgehead atoms. The molecule has 2 amide bonds. The van der Waals surface area contributed by atoms with Gasteiger partial charge in [0.25, 0.3) is 0 Å². The molecule has 5 nitrogen and oxygen atoms in total. The fourth-order valence-corrected chi connectivity index (χ4v) is 2.11. The first-order chi connectivity index (χ1) is 8.41. The first-order valence-corrected chi connectivity index (χ1v) is 6.64. The lowest BCUT2D eigenvalue weighted by Crippen LogP contribution is -2.46. The molecule has 0 atom stereocenters. The predicted molar refractivity (Wildman–Crippen MR) is 69.4 cm³/mol. The lowest BCUT2D eigenvalue weighted by molar-refractivity contribution is -0.143. The standard InChI is InChI=1S/C13H24N2O3/c1-10(2)4-7-14(3)13(18)15-8-5-11(6-9-15)12(16)17/h10-11H,4-9H2,1-3H3,(H,16,17). The predicted octanol–water partition coefficient (Wildman–Crippen LogP) is 1.88. The second-order valence-corrected chi connectivity index (χ2v) is 5.49. The Kier molecular flexibility index (Phi) is 5.44. The summed E-state index contributed by atoms with van der Waals surface area (Å²) in [5.74, 6) is -0.441. The van der Waals surface area contributed by atoms with Gasteiger partial charge >= 0.3 is 12.0 Å². The Labute approximate surface area is 109 Å². The normalized spacial score (nSPS) is 17.0. The zero-order valence-electron chi connectivity index (χ0n) is 11.6. The van der Waals surface area contributed by atoms with Crippen LogP contribution in [-0.4, -0.2) is 53.6 Å². The number of piperidine rings is 1. The molecule has 1 saturated heterocycles. The first-order valence-electron chi connectivity index (χ1n) is 6.64. The third-order valence-electron chi connectivity index (χ3n) is 3.48. The van der Waals surface area contributed by atoms with Crippen LogP contribution in [0.2, 0.25) is 0 Å². The average molecular weight is 256 g/mol. The van der Waals surface area contributed by atoms with Crippen LogP contribution in [0.15, 0.2) is 0 Å². The summed E-state index contributed by atoms with van der Waals surface area (Å²) in [7, 11) is 1.81. The summed E-state index contributed by atoms with van der Waals surface area (Å²) >= 11 is 0. The molecule has 1 N–H and O–H groups in total. The molecule has 0 aromatic carbocycles. The van der Waals surface area contributed by atoms with Crippen molar-refractivity contribution in [2.45, 2.75) is 33.1 Å². The molecule has 0 aromatic heterocycles. The summed E-state index contributed by atoms with van der Waals surface area (Å²) in [4.78, 5) is 26.4. The van der Waals surface area contributed by atoms with E-state index in [4.69, 9.17) is 5.11 Å². The first kappa shape index (κ1) is 14.8. The van der Waals surface area contributed by atoms with Gasteiger partial charge in [-0.3, -0.25) is 4.79 Å². The summed E-state index contributed by atoms with van der Waals surface area (Å²) in [5, 5.41) is 8.90. The SMILES string of the molecule is CC(C)CCN(C)C(=O)N1CCC(C(=O)O)CC1. The van der Waals surface area contributed by atoms with Crippen LogP contribution in [0.25, 0.3) is 0 Å². The third kappa shape index (κ3) is 4.20. The number of urea groups is 1. The molecular formula is C13H24N2O3. The molecule has 5 heteroatoms. The zero-order valence-corrected chi connectivity index (χ0v) is 11.6. The van der Waals surface area contributed by atoms with Crippen molar-refractivity contribution in [2.24, 2.45) is 11.8 Å². The minimum Gasteiger partial charge on any atom is -0.481 e. The molecule has 0 aromatic rings. The smallest absolute Gasteiger partial charge is 0.319 e. The summed E-state index contributed by atoms with van der Waals surface area (Å²) in [6, 6.07) is 0.0273. The maximum atomic E-state index is 12.1. The molecule has 1 fully saturated rings. The molecule has 0 saturated carbocycles. The molecule has 0 radical (unpaired) electrons. The van der Waals surface area contributed by atoms with Gasteiger partial charge in [-0.2, -0.15) is 0 Å². The van der Waals surface area contributed by atoms with Crippen molar-refractivity contribution < 1.29 is 14.7 Å². The molecule has 0 spiro atoms. The van der Waals surface area contributed by atoms with E-state index in [0.29, 0.717) is 31.8 Å². The van der Waals surface area contributed by atoms with Crippen LogP contribution in [0.3, 0.4) is 0 Å². The van der Waals surface area contributed by atoms with Crippen LogP contribution in [0.1, 0.15) is 33.1 Å². The number of carboxylic acids is 1. The molecular weight excluding hydrogens is 232 g/mol. The van der Waals surface area contributed by atoms with E-state index >= 15 is 0 Å². The highest BCUT2D eigenvalue weighted by molar-refractivity contribution is 5.75. The van der Waals surface area contributed by atoms with E-state index < -0.39 is 5.97 Å². The Bertz CT molecular complexity index is 297. The molecule has 0 unspecified atom stereocenters. The Morgan fingerprint density at radius 1 is 1.33 bits per heavy atom. The van der Waals surface area contributed by atoms with Crippen molar-refractivity contribution in [3.63, 3.8) is 0 Å². The van der Waals surface area contributed by atoms with Crippen molar-refractivity contribution in [1.82, 2.24) is 9.80 Å². The molecule has 18 heavy (non-hydrogen) atoms. The van der Waals surface area contributed by atoms with E-state index in [1.54, 1.807) is 9.80 Å². The number of amides is 2. The fourth-order valence-electron chi connectivity index (χ4n) is 2.11. The number of carboxylic acid groups (broad SMARTS) is 1. The third-order valence-corrected chi connectivity index (χ3v) is 3.48. The highest BCUT2D eigenvalue weighted by atomic mass is 16.4. The second kappa shape index (κ2) is 6.61. The monoisotopic (exact) mass is 256 g/mol. The summed E-state index contributed by atoms with van der Waals surface area (Å²) < 4.78 is 0. The molecule has 1 heterocycles. The van der Waals surface area contributed by atoms with Crippen LogP contribution in [0.5, 0.6) is 0 Å². The lowest BCUT2D eigenvalue weighted by atomic mass is 9.97. The van der Waals surface area contributed by atoms with E-state index in [2.05, 4.69) is 13.8 Å². The van der Waals surface area contributed by atoms with Crippen molar-refractivity contribution in [3.05, 3.63) is 0 Å². The number of rotatable bonds is 4. The minimum absolute atomic E-state index is 0.0273. The van der Waals surface area contributed by atoms with Crippen LogP contribution < -0.4 is 0 Å². The van der Waals surface area contributed by atoms with Gasteiger partial charge in [0.05, 0.1) is 5.92 Å². The van der Waals surface area contributed by atoms with Gasteiger partial charge in [0.2, 0.25) is 0 Å². The van der Waals surface area contributed by atoms with Crippen LogP contribution in [0, 0.1) is 11.8 Å². The number of carbonyl (C=O) groups excluding carboxylic acids is 1. The van der Waals surface area contributed by atoms with Gasteiger partial charge in [-0.15, -0.1) is 0 Å². The molecule has 0 aliphatic carbocycles. The summed E-state index contributed by atoms with van der Waals surface area (Å²) in [6.07, 6.45) is 2.13. The quantitative estimate of drug-likeness (QED) is 0.835. The lowest BCUT2D eigenvalue weighted by Gasteiger charge is -2.33. The van der Waals surface area contributed by atoms with Crippen molar-refractivity contribution in [2.75, 3.05) is 26.7 Å². The van der Waals surface area contributed by atoms with Crippen LogP contribution in [0.4, 0.5) is 4.79 Å². The number of hydrogen-bond donors (Lipinski definition) is 1. The van der Waals surface area contributed by atoms with Crippen LogP contribution >= 0.6 is 0 Å². The Balaban J connectivity index is 2.37. The Morgan fingerprint density at radius 3 is 2.33 bits per heavy atom. The topological polar surface area (TPSA) is 60.9 Å². The largest absolute Gasteiger partial charge is 0.481 e. The van der Waals surface area contributed by atoms with Crippen LogP contribution in [-0.2, 0) is 4.79 Å². The average Bonchev–Trinajstić information content (AvgIpc) is 2.35. The summed E-state index contributed by atoms with van der Waals surface area (Å²) in [5.41, 5.74) is 0. The van der Waals surface area contributed by atoms with Crippen molar-refractivity contribution in [3.8, 4) is 0 Å². The highest BCUT2D eigenvalue weighted by Crippen LogP contribution is 2.18. The van der Waals surface area contributed by atoms with Gasteiger partial charge in [0, 0.05) is 26.7 Å². The maximum Gasteiger partial charge on any atom is 0.319 e. The Morgan fingerprint density at radius 2 is 1.89 bits per heavy atom. The van der Waals surface area contributed by atoms with E-state index in [-0.39, 0.29) is 11.9 Å². The minimum atomic E-state index is -0.740. The number of hydrogen-bond acceptors (Lipinski definition) is 2. The van der Waals surface area contributed by atoms with Gasteiger partial charge in [-0.25, -0.2) is 4.79 Å². The van der Waals surface area contributed by atoms with Gasteiger partial charge in [0.15, 0.2) is 0 Å². The maximum absolute atomic E-state index is 12.1. The second-order valence-electron chi connectivity index (χ2n) is 5.49.